The van der Waals surface area contributed by atoms with Crippen molar-refractivity contribution in [3.63, 3.8) is 0 Å². The van der Waals surface area contributed by atoms with Gasteiger partial charge in [0.25, 0.3) is 11.1 Å². The van der Waals surface area contributed by atoms with Crippen LogP contribution < -0.4 is 10.1 Å². The Kier molecular flexibility index (Phi) is 5.39. The fourth-order valence-electron chi connectivity index (χ4n) is 2.11. The van der Waals surface area contributed by atoms with Crippen LogP contribution >= 0.6 is 11.8 Å². The van der Waals surface area contributed by atoms with Gasteiger partial charge in [-0.25, -0.2) is 0 Å². The molecule has 2 heterocycles. The molecule has 1 N–H and O–H groups in total. The number of hydrogen-bond donors (Lipinski definition) is 1. The van der Waals surface area contributed by atoms with Crippen LogP contribution in [0.5, 0.6) is 5.75 Å². The summed E-state index contributed by atoms with van der Waals surface area (Å²) in [5.74, 6) is 2.33. The van der Waals surface area contributed by atoms with E-state index in [-0.39, 0.29) is 5.91 Å². The van der Waals surface area contributed by atoms with Gasteiger partial charge in [-0.2, -0.15) is 0 Å². The molecule has 3 rings (SSSR count). The Morgan fingerprint density at radius 1 is 1.24 bits per heavy atom. The maximum Gasteiger partial charge on any atom is 0.276 e. The smallest absolute Gasteiger partial charge is 0.276 e. The zero-order chi connectivity index (χ0) is 17.6. The van der Waals surface area contributed by atoms with Crippen molar-refractivity contribution in [1.29, 1.82) is 0 Å². The van der Waals surface area contributed by atoms with E-state index in [1.165, 1.54) is 11.8 Å². The highest BCUT2D eigenvalue weighted by Crippen LogP contribution is 2.26. The molecule has 0 unspecified atom stereocenters. The molecule has 1 amide bonds. The van der Waals surface area contributed by atoms with E-state index in [0.29, 0.717) is 23.3 Å². The number of nitrogens with zero attached hydrogens (tertiary/aromatic N) is 2. The van der Waals surface area contributed by atoms with Gasteiger partial charge in [-0.1, -0.05) is 11.8 Å². The number of amides is 1. The number of carbonyl (C=O) groups is 1. The third-order valence-corrected chi connectivity index (χ3v) is 4.24. The third-order valence-electron chi connectivity index (χ3n) is 3.42. The quantitative estimate of drug-likeness (QED) is 0.642. The summed E-state index contributed by atoms with van der Waals surface area (Å²) in [6.45, 7) is 1.83. The van der Waals surface area contributed by atoms with Crippen molar-refractivity contribution < 1.29 is 18.4 Å². The number of furan rings is 1. The number of thioether (sulfide) groups is 1. The fraction of sp³-hybridized carbons (Fsp3) is 0.235. The lowest BCUT2D eigenvalue weighted by Crippen LogP contribution is -2.12. The number of anilines is 1. The average Bonchev–Trinajstić information content (AvgIpc) is 3.24. The fourth-order valence-corrected chi connectivity index (χ4v) is 2.81. The van der Waals surface area contributed by atoms with Crippen LogP contribution in [0.2, 0.25) is 0 Å². The van der Waals surface area contributed by atoms with E-state index in [1.54, 1.807) is 43.7 Å². The molecule has 8 heteroatoms. The van der Waals surface area contributed by atoms with Crippen molar-refractivity contribution >= 4 is 23.4 Å². The van der Waals surface area contributed by atoms with E-state index in [4.69, 9.17) is 13.6 Å². The number of benzene rings is 1. The van der Waals surface area contributed by atoms with E-state index < -0.39 is 0 Å². The molecule has 0 radical (unpaired) electrons. The maximum atomic E-state index is 12.0. The minimum atomic E-state index is -0.0805. The van der Waals surface area contributed by atoms with Crippen LogP contribution in [-0.4, -0.2) is 29.0 Å². The van der Waals surface area contributed by atoms with Gasteiger partial charge < -0.3 is 18.9 Å². The molecule has 0 fully saturated rings. The predicted molar refractivity (Wildman–Crippen MR) is 93.7 cm³/mol. The van der Waals surface area contributed by atoms with Gasteiger partial charge in [0.1, 0.15) is 11.5 Å². The maximum absolute atomic E-state index is 12.0. The Morgan fingerprint density at radius 3 is 2.72 bits per heavy atom. The lowest BCUT2D eigenvalue weighted by atomic mass is 10.3. The molecule has 130 valence electrons. The van der Waals surface area contributed by atoms with Crippen LogP contribution in [0.15, 0.2) is 50.7 Å². The number of ether oxygens (including phenoxy) is 1. The highest BCUT2D eigenvalue weighted by Gasteiger charge is 2.13. The first kappa shape index (κ1) is 17.1. The van der Waals surface area contributed by atoms with Crippen molar-refractivity contribution in [3.8, 4) is 17.2 Å². The number of methoxy groups -OCH3 is 1. The monoisotopic (exact) mass is 359 g/mol. The molecule has 25 heavy (non-hydrogen) atoms. The molecule has 1 aromatic carbocycles. The molecule has 0 atom stereocenters. The number of rotatable bonds is 7. The Labute approximate surface area is 148 Å². The molecule has 2 aromatic heterocycles. The largest absolute Gasteiger partial charge is 0.497 e. The number of aryl methyl sites for hydroxylation is 1. The van der Waals surface area contributed by atoms with Gasteiger partial charge in [-0.15, -0.1) is 10.2 Å². The minimum Gasteiger partial charge on any atom is -0.497 e. The summed E-state index contributed by atoms with van der Waals surface area (Å²) in [5.41, 5.74) is 1.50. The van der Waals surface area contributed by atoms with Gasteiger partial charge in [-0.3, -0.25) is 4.79 Å². The number of nitrogens with one attached hydrogen (secondary N) is 1. The summed E-state index contributed by atoms with van der Waals surface area (Å²) in [7, 11) is 1.60. The zero-order valence-corrected chi connectivity index (χ0v) is 14.6. The van der Waals surface area contributed by atoms with Crippen LogP contribution in [0.25, 0.3) is 11.5 Å². The summed E-state index contributed by atoms with van der Waals surface area (Å²) >= 11 is 1.34. The molecule has 0 aliphatic heterocycles. The first-order chi connectivity index (χ1) is 12.2. The second-order valence-electron chi connectivity index (χ2n) is 5.14. The molecule has 0 saturated heterocycles. The molecule has 0 spiro atoms. The SMILES string of the molecule is COc1ccc(NC(=O)CCSc2nnc(-c3ccoc3C)o2)cc1. The molecule has 0 bridgehead atoms. The van der Waals surface area contributed by atoms with Crippen LogP contribution in [0.1, 0.15) is 12.2 Å². The summed E-state index contributed by atoms with van der Waals surface area (Å²) in [5, 5.41) is 11.2. The van der Waals surface area contributed by atoms with Crippen LogP contribution in [0.3, 0.4) is 0 Å². The van der Waals surface area contributed by atoms with E-state index >= 15 is 0 Å². The van der Waals surface area contributed by atoms with Crippen LogP contribution in [0.4, 0.5) is 5.69 Å². The van der Waals surface area contributed by atoms with Crippen molar-refractivity contribution in [1.82, 2.24) is 10.2 Å². The van der Waals surface area contributed by atoms with Crippen molar-refractivity contribution in [2.24, 2.45) is 0 Å². The van der Waals surface area contributed by atoms with Gasteiger partial charge in [0.2, 0.25) is 5.91 Å². The van der Waals surface area contributed by atoms with E-state index in [9.17, 15) is 4.79 Å². The van der Waals surface area contributed by atoms with Gasteiger partial charge in [0.15, 0.2) is 0 Å². The van der Waals surface area contributed by atoms with Crippen LogP contribution in [0, 0.1) is 6.92 Å². The first-order valence-electron chi connectivity index (χ1n) is 7.60. The molecule has 0 saturated carbocycles. The average molecular weight is 359 g/mol. The summed E-state index contributed by atoms with van der Waals surface area (Å²) in [6, 6.07) is 8.95. The normalized spacial score (nSPS) is 10.6. The van der Waals surface area contributed by atoms with E-state index in [1.807, 2.05) is 6.92 Å². The summed E-state index contributed by atoms with van der Waals surface area (Å²) in [4.78, 5) is 12.0. The standard InChI is InChI=1S/C17H17N3O4S/c1-11-14(7-9-23-11)16-19-20-17(24-16)25-10-8-15(21)18-12-3-5-13(22-2)6-4-12/h3-7,9H,8,10H2,1-2H3,(H,18,21). The summed E-state index contributed by atoms with van der Waals surface area (Å²) < 4.78 is 15.9. The van der Waals surface area contributed by atoms with Gasteiger partial charge in [0.05, 0.1) is 18.9 Å². The van der Waals surface area contributed by atoms with Crippen LogP contribution in [-0.2, 0) is 4.79 Å². The molecular formula is C17H17N3O4S. The highest BCUT2D eigenvalue weighted by atomic mass is 32.2. The molecule has 7 nitrogen and oxygen atoms in total. The topological polar surface area (TPSA) is 90.4 Å². The van der Waals surface area contributed by atoms with Crippen molar-refractivity contribution in [2.45, 2.75) is 18.6 Å². The van der Waals surface area contributed by atoms with E-state index in [0.717, 1.165) is 22.8 Å². The summed E-state index contributed by atoms with van der Waals surface area (Å²) in [6.07, 6.45) is 1.91. The number of carbonyl (C=O) groups excluding carboxylic acids is 1. The third kappa shape index (κ3) is 4.42. The number of hydrogen-bond acceptors (Lipinski definition) is 7. The Hall–Kier alpha value is -2.74. The van der Waals surface area contributed by atoms with Gasteiger partial charge >= 0.3 is 0 Å². The lowest BCUT2D eigenvalue weighted by Gasteiger charge is -2.05. The van der Waals surface area contributed by atoms with E-state index in [2.05, 4.69) is 15.5 Å². The lowest BCUT2D eigenvalue weighted by molar-refractivity contribution is -0.115. The second kappa shape index (κ2) is 7.89. The zero-order valence-electron chi connectivity index (χ0n) is 13.8. The number of aromatic nitrogens is 2. The van der Waals surface area contributed by atoms with Gasteiger partial charge in [-0.05, 0) is 37.3 Å². The molecule has 0 aliphatic rings. The second-order valence-corrected chi connectivity index (χ2v) is 6.18. The van der Waals surface area contributed by atoms with Crippen molar-refractivity contribution in [2.75, 3.05) is 18.2 Å². The first-order valence-corrected chi connectivity index (χ1v) is 8.59. The van der Waals surface area contributed by atoms with Crippen molar-refractivity contribution in [3.05, 3.63) is 42.4 Å². The molecule has 0 aliphatic carbocycles. The Bertz CT molecular complexity index is 842. The predicted octanol–water partition coefficient (Wildman–Crippen LogP) is 3.77. The van der Waals surface area contributed by atoms with Gasteiger partial charge in [0, 0.05) is 17.9 Å². The molecule has 3 aromatic rings. The Balaban J connectivity index is 1.47. The highest BCUT2D eigenvalue weighted by molar-refractivity contribution is 7.99. The Morgan fingerprint density at radius 2 is 2.04 bits per heavy atom. The molecular weight excluding hydrogens is 342 g/mol. The minimum absolute atomic E-state index is 0.0805.